The molecule has 1 unspecified atom stereocenters. The summed E-state index contributed by atoms with van der Waals surface area (Å²) in [6.07, 6.45) is 1.04. The van der Waals surface area contributed by atoms with Crippen LogP contribution in [0.3, 0.4) is 0 Å². The van der Waals surface area contributed by atoms with Crippen LogP contribution in [-0.4, -0.2) is 74.2 Å². The molecule has 1 aliphatic rings. The summed E-state index contributed by atoms with van der Waals surface area (Å²) >= 11 is 6.05. The van der Waals surface area contributed by atoms with Crippen molar-refractivity contribution in [2.45, 2.75) is 38.1 Å². The Labute approximate surface area is 168 Å². The van der Waals surface area contributed by atoms with Gasteiger partial charge < -0.3 is 4.90 Å². The zero-order valence-corrected chi connectivity index (χ0v) is 18.1. The largest absolute Gasteiger partial charge is 0.339 e. The lowest BCUT2D eigenvalue weighted by molar-refractivity contribution is -0.133. The van der Waals surface area contributed by atoms with Crippen molar-refractivity contribution in [3.63, 3.8) is 0 Å². The van der Waals surface area contributed by atoms with Gasteiger partial charge in [0.05, 0.1) is 11.6 Å². The number of carbonyl (C=O) groups excluding carboxylic acids is 1. The van der Waals surface area contributed by atoms with Crippen LogP contribution in [0.1, 0.15) is 27.2 Å². The molecule has 1 aliphatic heterocycles. The molecule has 1 aromatic rings. The second kappa shape index (κ2) is 9.37. The molecule has 0 aliphatic carbocycles. The van der Waals surface area contributed by atoms with Gasteiger partial charge in [0.25, 0.3) is 0 Å². The number of sulfonamides is 1. The van der Waals surface area contributed by atoms with E-state index in [9.17, 15) is 13.2 Å². The molecule has 0 radical (unpaired) electrons. The molecule has 1 atom stereocenters. The molecule has 1 fully saturated rings. The van der Waals surface area contributed by atoms with E-state index in [1.165, 1.54) is 10.4 Å². The van der Waals surface area contributed by atoms with E-state index in [-0.39, 0.29) is 28.9 Å². The summed E-state index contributed by atoms with van der Waals surface area (Å²) in [4.78, 5) is 16.5. The minimum Gasteiger partial charge on any atom is -0.339 e. The quantitative estimate of drug-likeness (QED) is 0.686. The second-order valence-corrected chi connectivity index (χ2v) is 9.92. The van der Waals surface area contributed by atoms with Crippen LogP contribution >= 0.6 is 11.6 Å². The third kappa shape index (κ3) is 5.67. The molecule has 1 aromatic carbocycles. The summed E-state index contributed by atoms with van der Waals surface area (Å²) in [5.74, 6) is 0.624. The van der Waals surface area contributed by atoms with Gasteiger partial charge in [-0.3, -0.25) is 9.69 Å². The first kappa shape index (κ1) is 22.1. The topological polar surface area (TPSA) is 60.9 Å². The lowest BCUT2D eigenvalue weighted by Gasteiger charge is -2.35. The molecule has 8 heteroatoms. The summed E-state index contributed by atoms with van der Waals surface area (Å²) in [5, 5.41) is 0.219. The van der Waals surface area contributed by atoms with Gasteiger partial charge in [0.15, 0.2) is 0 Å². The highest BCUT2D eigenvalue weighted by atomic mass is 35.5. The van der Waals surface area contributed by atoms with Crippen molar-refractivity contribution >= 4 is 27.5 Å². The van der Waals surface area contributed by atoms with Crippen LogP contribution in [0.4, 0.5) is 0 Å². The number of piperazine rings is 1. The van der Waals surface area contributed by atoms with Crippen molar-refractivity contribution < 1.29 is 13.2 Å². The Morgan fingerprint density at radius 2 is 1.74 bits per heavy atom. The number of hydrogen-bond acceptors (Lipinski definition) is 4. The van der Waals surface area contributed by atoms with E-state index < -0.39 is 10.0 Å². The van der Waals surface area contributed by atoms with Crippen LogP contribution < -0.4 is 0 Å². The Balaban J connectivity index is 1.93. The first-order valence-corrected chi connectivity index (χ1v) is 11.2. The number of amides is 1. The Morgan fingerprint density at radius 1 is 1.15 bits per heavy atom. The first-order valence-electron chi connectivity index (χ1n) is 9.35. The molecule has 0 N–H and O–H groups in total. The van der Waals surface area contributed by atoms with Crippen LogP contribution in [0.25, 0.3) is 0 Å². The van der Waals surface area contributed by atoms with Gasteiger partial charge in [-0.2, -0.15) is 4.31 Å². The van der Waals surface area contributed by atoms with E-state index in [0.717, 1.165) is 6.42 Å². The number of carbonyl (C=O) groups is 1. The number of rotatable bonds is 7. The van der Waals surface area contributed by atoms with Crippen molar-refractivity contribution in [1.29, 1.82) is 0 Å². The average molecular weight is 416 g/mol. The molecule has 0 spiro atoms. The fourth-order valence-electron chi connectivity index (χ4n) is 3.30. The normalized spacial score (nSPS) is 17.5. The maximum Gasteiger partial charge on any atom is 0.244 e. The van der Waals surface area contributed by atoms with Gasteiger partial charge in [0.1, 0.15) is 4.90 Å². The molecule has 1 heterocycles. The van der Waals surface area contributed by atoms with Gasteiger partial charge in [-0.1, -0.05) is 37.6 Å². The monoisotopic (exact) mass is 415 g/mol. The summed E-state index contributed by atoms with van der Waals surface area (Å²) < 4.78 is 27.0. The van der Waals surface area contributed by atoms with Crippen LogP contribution in [0, 0.1) is 5.92 Å². The summed E-state index contributed by atoms with van der Waals surface area (Å²) in [6, 6.07) is 6.78. The fraction of sp³-hybridized carbons (Fsp3) is 0.632. The Morgan fingerprint density at radius 3 is 2.30 bits per heavy atom. The van der Waals surface area contributed by atoms with E-state index in [1.54, 1.807) is 23.1 Å². The summed E-state index contributed by atoms with van der Waals surface area (Å²) in [5.41, 5.74) is 0. The predicted octanol–water partition coefficient (Wildman–Crippen LogP) is 2.54. The minimum absolute atomic E-state index is 0.0443. The molecule has 1 saturated heterocycles. The van der Waals surface area contributed by atoms with E-state index in [2.05, 4.69) is 25.7 Å². The predicted molar refractivity (Wildman–Crippen MR) is 108 cm³/mol. The van der Waals surface area contributed by atoms with Gasteiger partial charge in [0.2, 0.25) is 15.9 Å². The fourth-order valence-corrected chi connectivity index (χ4v) is 5.22. The molecular weight excluding hydrogens is 386 g/mol. The molecule has 27 heavy (non-hydrogen) atoms. The van der Waals surface area contributed by atoms with E-state index >= 15 is 0 Å². The zero-order chi connectivity index (χ0) is 20.2. The number of likely N-dealkylation sites (N-methyl/N-ethyl adjacent to an activating group) is 1. The molecule has 152 valence electrons. The zero-order valence-electron chi connectivity index (χ0n) is 16.6. The third-order valence-corrected chi connectivity index (χ3v) is 7.39. The molecule has 0 bridgehead atoms. The second-order valence-electron chi connectivity index (χ2n) is 7.61. The van der Waals surface area contributed by atoms with Crippen LogP contribution in [-0.2, 0) is 14.8 Å². The smallest absolute Gasteiger partial charge is 0.244 e. The van der Waals surface area contributed by atoms with Crippen LogP contribution in [0.2, 0.25) is 5.02 Å². The molecule has 2 rings (SSSR count). The third-order valence-electron chi connectivity index (χ3n) is 5.00. The van der Waals surface area contributed by atoms with E-state index in [0.29, 0.717) is 31.6 Å². The number of halogens is 1. The van der Waals surface area contributed by atoms with Crippen molar-refractivity contribution in [1.82, 2.24) is 14.1 Å². The van der Waals surface area contributed by atoms with E-state index in [4.69, 9.17) is 11.6 Å². The lowest BCUT2D eigenvalue weighted by atomic mass is 10.0. The SMILES string of the molecule is CC(C)CC(C)N(C)CC(=O)N1CCN(S(=O)(=O)c2ccccc2Cl)CC1. The van der Waals surface area contributed by atoms with E-state index in [1.807, 2.05) is 7.05 Å². The minimum atomic E-state index is -3.64. The standard InChI is InChI=1S/C19H30ClN3O3S/c1-15(2)13-16(3)21(4)14-19(24)22-9-11-23(12-10-22)27(25,26)18-8-6-5-7-17(18)20/h5-8,15-16H,9-14H2,1-4H3. The average Bonchev–Trinajstić information content (AvgIpc) is 2.61. The maximum atomic E-state index is 12.8. The van der Waals surface area contributed by atoms with Crippen molar-refractivity contribution in [2.75, 3.05) is 39.8 Å². The Bertz CT molecular complexity index is 746. The highest BCUT2D eigenvalue weighted by Crippen LogP contribution is 2.25. The molecule has 1 amide bonds. The van der Waals surface area contributed by atoms with Crippen LogP contribution in [0.5, 0.6) is 0 Å². The highest BCUT2D eigenvalue weighted by Gasteiger charge is 2.31. The van der Waals surface area contributed by atoms with Gasteiger partial charge in [0, 0.05) is 32.2 Å². The van der Waals surface area contributed by atoms with Crippen molar-refractivity contribution in [3.05, 3.63) is 29.3 Å². The molecule has 0 aromatic heterocycles. The van der Waals surface area contributed by atoms with Crippen molar-refractivity contribution in [3.8, 4) is 0 Å². The van der Waals surface area contributed by atoms with Gasteiger partial charge >= 0.3 is 0 Å². The Hall–Kier alpha value is -1.15. The number of benzene rings is 1. The van der Waals surface area contributed by atoms with Crippen molar-refractivity contribution in [2.24, 2.45) is 5.92 Å². The van der Waals surface area contributed by atoms with Crippen LogP contribution in [0.15, 0.2) is 29.2 Å². The maximum absolute atomic E-state index is 12.8. The molecule has 6 nitrogen and oxygen atoms in total. The lowest BCUT2D eigenvalue weighted by Crippen LogP contribution is -2.52. The van der Waals surface area contributed by atoms with Gasteiger partial charge in [-0.15, -0.1) is 0 Å². The molecule has 0 saturated carbocycles. The first-order chi connectivity index (χ1) is 12.6. The van der Waals surface area contributed by atoms with Gasteiger partial charge in [-0.05, 0) is 38.4 Å². The summed E-state index contributed by atoms with van der Waals surface area (Å²) in [7, 11) is -1.68. The van der Waals surface area contributed by atoms with Gasteiger partial charge in [-0.25, -0.2) is 8.42 Å². The molecular formula is C19H30ClN3O3S. The number of hydrogen-bond donors (Lipinski definition) is 0. The summed E-state index contributed by atoms with van der Waals surface area (Å²) in [6.45, 7) is 8.18. The highest BCUT2D eigenvalue weighted by molar-refractivity contribution is 7.89. The Kier molecular flexibility index (Phi) is 7.68. The number of nitrogens with zero attached hydrogens (tertiary/aromatic N) is 3.